The van der Waals surface area contributed by atoms with Gasteiger partial charge in [0.05, 0.1) is 15.7 Å². The van der Waals surface area contributed by atoms with E-state index in [9.17, 15) is 8.42 Å². The molecule has 0 amide bonds. The van der Waals surface area contributed by atoms with Gasteiger partial charge < -0.3 is 0 Å². The van der Waals surface area contributed by atoms with Crippen molar-refractivity contribution in [2.75, 3.05) is 0 Å². The molecule has 32 heavy (non-hydrogen) atoms. The molecule has 0 aliphatic carbocycles. The van der Waals surface area contributed by atoms with Crippen LogP contribution in [0.2, 0.25) is 0 Å². The summed E-state index contributed by atoms with van der Waals surface area (Å²) in [4.78, 5) is 2.41. The molecule has 0 aliphatic rings. The first kappa shape index (κ1) is 24.6. The van der Waals surface area contributed by atoms with Gasteiger partial charge in [0.2, 0.25) is 0 Å². The fourth-order valence-corrected chi connectivity index (χ4v) is 6.16. The highest BCUT2D eigenvalue weighted by atomic mass is 32.2. The van der Waals surface area contributed by atoms with Crippen LogP contribution in [-0.2, 0) is 21.8 Å². The molecule has 0 fully saturated rings. The summed E-state index contributed by atoms with van der Waals surface area (Å²) in [7, 11) is -2.57. The number of aryl methyl sites for hydroxylation is 2. The first-order valence-electron chi connectivity index (χ1n) is 11.2. The summed E-state index contributed by atoms with van der Waals surface area (Å²) in [6, 6.07) is 23.6. The third-order valence-electron chi connectivity index (χ3n) is 5.81. The maximum atomic E-state index is 13.4. The van der Waals surface area contributed by atoms with E-state index in [1.807, 2.05) is 80.6 Å². The summed E-state index contributed by atoms with van der Waals surface area (Å²) in [5, 5.41) is 0. The topological polar surface area (TPSA) is 46.2 Å². The van der Waals surface area contributed by atoms with E-state index in [4.69, 9.17) is 0 Å². The van der Waals surface area contributed by atoms with Gasteiger partial charge in [0.1, 0.15) is 11.0 Å². The number of hydrogen-bond donors (Lipinski definition) is 1. The standard InChI is InChI=1S/C27H33NO2S2/c1-5-6-10-26(28-32(30)24-18-14-21(3)15-19-24)22(4)25-9-7-8-11-27(25)31(29)23-16-12-20(2)13-17-23/h7-9,11-19,22,26,28H,5-6,10H2,1-4H3/t22-,26+,31?,32?/m0/s1. The Labute approximate surface area is 197 Å². The van der Waals surface area contributed by atoms with Gasteiger partial charge in [-0.2, -0.15) is 0 Å². The van der Waals surface area contributed by atoms with Crippen molar-refractivity contribution < 1.29 is 8.42 Å². The van der Waals surface area contributed by atoms with Crippen LogP contribution in [0.25, 0.3) is 0 Å². The van der Waals surface area contributed by atoms with E-state index in [0.717, 1.165) is 50.6 Å². The number of unbranched alkanes of at least 4 members (excludes halogenated alkanes) is 1. The first-order valence-corrected chi connectivity index (χ1v) is 13.5. The van der Waals surface area contributed by atoms with E-state index in [0.29, 0.717) is 0 Å². The van der Waals surface area contributed by atoms with Gasteiger partial charge in [0, 0.05) is 15.8 Å². The monoisotopic (exact) mass is 467 g/mol. The van der Waals surface area contributed by atoms with Gasteiger partial charge in [-0.25, -0.2) is 13.1 Å². The number of hydrogen-bond acceptors (Lipinski definition) is 2. The normalized spacial score (nSPS) is 15.1. The predicted octanol–water partition coefficient (Wildman–Crippen LogP) is 6.44. The third kappa shape index (κ3) is 6.25. The van der Waals surface area contributed by atoms with Crippen molar-refractivity contribution in [1.82, 2.24) is 4.72 Å². The summed E-state index contributed by atoms with van der Waals surface area (Å²) in [5.41, 5.74) is 3.34. The lowest BCUT2D eigenvalue weighted by atomic mass is 9.90. The molecular formula is C27H33NO2S2. The third-order valence-corrected chi connectivity index (χ3v) is 8.50. The van der Waals surface area contributed by atoms with Crippen LogP contribution in [0.15, 0.2) is 87.5 Å². The minimum absolute atomic E-state index is 0.00764. The molecule has 5 heteroatoms. The zero-order chi connectivity index (χ0) is 23.1. The van der Waals surface area contributed by atoms with Gasteiger partial charge in [0.25, 0.3) is 0 Å². The molecule has 170 valence electrons. The lowest BCUT2D eigenvalue weighted by Crippen LogP contribution is -2.35. The Balaban J connectivity index is 1.88. The highest BCUT2D eigenvalue weighted by Crippen LogP contribution is 2.30. The molecule has 3 rings (SSSR count). The fourth-order valence-electron chi connectivity index (χ4n) is 3.73. The van der Waals surface area contributed by atoms with Crippen molar-refractivity contribution in [1.29, 1.82) is 0 Å². The Bertz CT molecular complexity index is 1060. The molecule has 0 bridgehead atoms. The molecule has 4 atom stereocenters. The van der Waals surface area contributed by atoms with E-state index < -0.39 is 21.8 Å². The Kier molecular flexibility index (Phi) is 8.97. The SMILES string of the molecule is CCCC[C@@H](NS(=O)c1ccc(C)cc1)[C@@H](C)c1ccccc1S(=O)c1ccc(C)cc1. The lowest BCUT2D eigenvalue weighted by molar-refractivity contribution is 0.470. The van der Waals surface area contributed by atoms with E-state index in [2.05, 4.69) is 24.6 Å². The molecule has 0 saturated heterocycles. The maximum absolute atomic E-state index is 13.4. The van der Waals surface area contributed by atoms with Gasteiger partial charge in [-0.3, -0.25) is 0 Å². The number of benzene rings is 3. The van der Waals surface area contributed by atoms with Crippen molar-refractivity contribution >= 4 is 21.8 Å². The van der Waals surface area contributed by atoms with Crippen LogP contribution in [-0.4, -0.2) is 14.5 Å². The molecule has 2 unspecified atom stereocenters. The predicted molar refractivity (Wildman–Crippen MR) is 135 cm³/mol. The van der Waals surface area contributed by atoms with Crippen LogP contribution in [0.5, 0.6) is 0 Å². The Morgan fingerprint density at radius 1 is 0.812 bits per heavy atom. The van der Waals surface area contributed by atoms with Gasteiger partial charge >= 0.3 is 0 Å². The second-order valence-corrected chi connectivity index (χ2v) is 11.0. The molecule has 0 spiro atoms. The highest BCUT2D eigenvalue weighted by Gasteiger charge is 2.25. The Morgan fingerprint density at radius 2 is 1.38 bits per heavy atom. The van der Waals surface area contributed by atoms with E-state index in [1.54, 1.807) is 0 Å². The second kappa shape index (κ2) is 11.7. The smallest absolute Gasteiger partial charge is 0.125 e. The average Bonchev–Trinajstić information content (AvgIpc) is 2.81. The van der Waals surface area contributed by atoms with Crippen molar-refractivity contribution in [2.24, 2.45) is 0 Å². The number of rotatable bonds is 10. The second-order valence-electron chi connectivity index (χ2n) is 8.36. The Morgan fingerprint density at radius 3 is 1.97 bits per heavy atom. The first-order chi connectivity index (χ1) is 15.4. The molecule has 3 nitrogen and oxygen atoms in total. The minimum Gasteiger partial charge on any atom is -0.249 e. The van der Waals surface area contributed by atoms with E-state index in [-0.39, 0.29) is 12.0 Å². The van der Waals surface area contributed by atoms with Crippen molar-refractivity contribution in [3.63, 3.8) is 0 Å². The van der Waals surface area contributed by atoms with Crippen LogP contribution < -0.4 is 4.72 Å². The maximum Gasteiger partial charge on any atom is 0.125 e. The van der Waals surface area contributed by atoms with Crippen LogP contribution >= 0.6 is 0 Å². The summed E-state index contributed by atoms with van der Waals surface area (Å²) >= 11 is 0. The fraction of sp³-hybridized carbons (Fsp3) is 0.333. The lowest BCUT2D eigenvalue weighted by Gasteiger charge is -2.27. The molecule has 3 aromatic rings. The molecular weight excluding hydrogens is 434 g/mol. The minimum atomic E-state index is -1.30. The van der Waals surface area contributed by atoms with Crippen LogP contribution in [0.4, 0.5) is 0 Å². The molecule has 0 heterocycles. The van der Waals surface area contributed by atoms with Crippen LogP contribution in [0.1, 0.15) is 55.7 Å². The number of nitrogens with one attached hydrogen (secondary N) is 1. The van der Waals surface area contributed by atoms with Gasteiger partial charge in [-0.05, 0) is 62.1 Å². The largest absolute Gasteiger partial charge is 0.249 e. The highest BCUT2D eigenvalue weighted by molar-refractivity contribution is 7.85. The quantitative estimate of drug-likeness (QED) is 0.373. The molecule has 0 saturated carbocycles. The molecule has 0 radical (unpaired) electrons. The molecule has 0 aromatic heterocycles. The summed E-state index contributed by atoms with van der Waals surface area (Å²) in [6.07, 6.45) is 3.01. The summed E-state index contributed by atoms with van der Waals surface area (Å²) < 4.78 is 29.9. The van der Waals surface area contributed by atoms with Gasteiger partial charge in [0.15, 0.2) is 0 Å². The van der Waals surface area contributed by atoms with Crippen LogP contribution in [0.3, 0.4) is 0 Å². The van der Waals surface area contributed by atoms with Crippen molar-refractivity contribution in [2.45, 2.75) is 73.6 Å². The molecule has 0 aliphatic heterocycles. The summed E-state index contributed by atoms with van der Waals surface area (Å²) in [6.45, 7) is 8.36. The van der Waals surface area contributed by atoms with E-state index >= 15 is 0 Å². The Hall–Kier alpha value is -2.08. The molecule has 3 aromatic carbocycles. The average molecular weight is 468 g/mol. The van der Waals surface area contributed by atoms with Gasteiger partial charge in [-0.15, -0.1) is 0 Å². The zero-order valence-corrected chi connectivity index (χ0v) is 21.0. The van der Waals surface area contributed by atoms with Gasteiger partial charge in [-0.1, -0.05) is 80.3 Å². The van der Waals surface area contributed by atoms with Crippen molar-refractivity contribution in [3.8, 4) is 0 Å². The van der Waals surface area contributed by atoms with E-state index in [1.165, 1.54) is 0 Å². The zero-order valence-electron chi connectivity index (χ0n) is 19.3. The van der Waals surface area contributed by atoms with Crippen LogP contribution in [0, 0.1) is 13.8 Å². The molecule has 1 N–H and O–H groups in total. The summed E-state index contributed by atoms with van der Waals surface area (Å²) in [5.74, 6) is 0.0570. The van der Waals surface area contributed by atoms with Crippen molar-refractivity contribution in [3.05, 3.63) is 89.5 Å².